The third-order valence-electron chi connectivity index (χ3n) is 5.09. The van der Waals surface area contributed by atoms with Crippen LogP contribution in [0.25, 0.3) is 0 Å². The van der Waals surface area contributed by atoms with Crippen molar-refractivity contribution in [3.05, 3.63) is 30.1 Å². The molecular weight excluding hydrogens is 439 g/mol. The summed E-state index contributed by atoms with van der Waals surface area (Å²) in [7, 11) is -7.88. The average molecular weight is 463 g/mol. The van der Waals surface area contributed by atoms with Gasteiger partial charge in [0.2, 0.25) is 31.9 Å². The van der Waals surface area contributed by atoms with E-state index >= 15 is 0 Å². The summed E-state index contributed by atoms with van der Waals surface area (Å²) in [6.45, 7) is -0.296. The van der Waals surface area contributed by atoms with Crippen molar-refractivity contribution in [2.45, 2.75) is 29.8 Å². The minimum atomic E-state index is -4.21. The van der Waals surface area contributed by atoms with Gasteiger partial charge in [0.1, 0.15) is 17.9 Å². The van der Waals surface area contributed by atoms with Crippen molar-refractivity contribution >= 4 is 31.9 Å². The van der Waals surface area contributed by atoms with E-state index in [0.29, 0.717) is 19.4 Å². The topological polar surface area (TPSA) is 133 Å². The SMILES string of the molecule is CS(=O)(=O)N1CCN(S(=O)(=O)c2ccc(F)cc2)C(C(=O)NC2CCCNC2=O)C1. The number of hydrogen-bond acceptors (Lipinski definition) is 6. The average Bonchev–Trinajstić information content (AvgIpc) is 2.69. The standard InChI is InChI=1S/C17H23FN4O6S2/c1-29(25,26)21-9-10-22(30(27,28)13-6-4-12(18)5-7-13)15(11-21)17(24)20-14-3-2-8-19-16(14)23/h4-7,14-15H,2-3,8-11H2,1H3,(H,19,23)(H,20,24). The van der Waals surface area contributed by atoms with Gasteiger partial charge in [-0.1, -0.05) is 0 Å². The molecule has 0 saturated carbocycles. The molecule has 13 heteroatoms. The number of nitrogens with zero attached hydrogens (tertiary/aromatic N) is 2. The number of carbonyl (C=O) groups excluding carboxylic acids is 2. The fourth-order valence-electron chi connectivity index (χ4n) is 3.46. The summed E-state index contributed by atoms with van der Waals surface area (Å²) in [6, 6.07) is 1.93. The molecule has 30 heavy (non-hydrogen) atoms. The van der Waals surface area contributed by atoms with Crippen molar-refractivity contribution in [1.82, 2.24) is 19.2 Å². The number of benzene rings is 1. The Morgan fingerprint density at radius 1 is 1.17 bits per heavy atom. The molecule has 2 aliphatic heterocycles. The Balaban J connectivity index is 1.90. The molecule has 2 amide bonds. The molecule has 2 atom stereocenters. The van der Waals surface area contributed by atoms with Crippen molar-refractivity contribution in [2.24, 2.45) is 0 Å². The quantitative estimate of drug-likeness (QED) is 0.568. The summed E-state index contributed by atoms with van der Waals surface area (Å²) < 4.78 is 65.3. The molecule has 2 fully saturated rings. The van der Waals surface area contributed by atoms with Gasteiger partial charge in [-0.05, 0) is 37.1 Å². The molecule has 2 N–H and O–H groups in total. The van der Waals surface area contributed by atoms with Crippen LogP contribution in [0.15, 0.2) is 29.2 Å². The Morgan fingerprint density at radius 3 is 2.43 bits per heavy atom. The highest BCUT2D eigenvalue weighted by molar-refractivity contribution is 7.89. The molecule has 0 spiro atoms. The number of piperazine rings is 1. The van der Waals surface area contributed by atoms with Crippen LogP contribution in [0.3, 0.4) is 0 Å². The normalized spacial score (nSPS) is 24.3. The van der Waals surface area contributed by atoms with Crippen molar-refractivity contribution in [1.29, 1.82) is 0 Å². The first-order valence-corrected chi connectivity index (χ1v) is 12.6. The number of halogens is 1. The Morgan fingerprint density at radius 2 is 1.83 bits per heavy atom. The lowest BCUT2D eigenvalue weighted by molar-refractivity contribution is -0.132. The molecule has 2 saturated heterocycles. The number of carbonyl (C=O) groups is 2. The van der Waals surface area contributed by atoms with Crippen molar-refractivity contribution in [2.75, 3.05) is 32.4 Å². The first-order chi connectivity index (χ1) is 14.0. The first kappa shape index (κ1) is 22.6. The second-order valence-corrected chi connectivity index (χ2v) is 11.1. The lowest BCUT2D eigenvalue weighted by atomic mass is 10.1. The lowest BCUT2D eigenvalue weighted by Crippen LogP contribution is -2.63. The smallest absolute Gasteiger partial charge is 0.243 e. The van der Waals surface area contributed by atoms with Gasteiger partial charge in [-0.15, -0.1) is 0 Å². The van der Waals surface area contributed by atoms with Crippen LogP contribution in [-0.2, 0) is 29.6 Å². The molecule has 1 aromatic carbocycles. The summed E-state index contributed by atoms with van der Waals surface area (Å²) in [5, 5.41) is 5.15. The van der Waals surface area contributed by atoms with E-state index in [-0.39, 0.29) is 30.4 Å². The van der Waals surface area contributed by atoms with Crippen molar-refractivity contribution < 1.29 is 30.8 Å². The highest BCUT2D eigenvalue weighted by atomic mass is 32.2. The number of sulfonamides is 2. The molecule has 1 aromatic rings. The second-order valence-electron chi connectivity index (χ2n) is 7.20. The van der Waals surface area contributed by atoms with Gasteiger partial charge in [-0.3, -0.25) is 9.59 Å². The van der Waals surface area contributed by atoms with Gasteiger partial charge in [-0.25, -0.2) is 21.2 Å². The minimum Gasteiger partial charge on any atom is -0.354 e. The van der Waals surface area contributed by atoms with Gasteiger partial charge in [0, 0.05) is 26.2 Å². The van der Waals surface area contributed by atoms with Crippen molar-refractivity contribution in [3.8, 4) is 0 Å². The zero-order valence-electron chi connectivity index (χ0n) is 16.2. The van der Waals surface area contributed by atoms with Gasteiger partial charge in [0.25, 0.3) is 0 Å². The highest BCUT2D eigenvalue weighted by Gasteiger charge is 2.43. The fraction of sp³-hybridized carbons (Fsp3) is 0.529. The molecule has 0 aromatic heterocycles. The van der Waals surface area contributed by atoms with E-state index in [9.17, 15) is 30.8 Å². The Hall–Kier alpha value is -2.09. The molecule has 2 heterocycles. The van der Waals surface area contributed by atoms with Crippen LogP contribution < -0.4 is 10.6 Å². The molecule has 10 nitrogen and oxygen atoms in total. The molecule has 0 bridgehead atoms. The van der Waals surface area contributed by atoms with E-state index in [2.05, 4.69) is 10.6 Å². The maximum Gasteiger partial charge on any atom is 0.243 e. The minimum absolute atomic E-state index is 0.132. The molecule has 3 rings (SSSR count). The van der Waals surface area contributed by atoms with Gasteiger partial charge < -0.3 is 10.6 Å². The van der Waals surface area contributed by atoms with Crippen LogP contribution >= 0.6 is 0 Å². The van der Waals surface area contributed by atoms with E-state index in [1.54, 1.807) is 0 Å². The number of nitrogens with one attached hydrogen (secondary N) is 2. The second kappa shape index (κ2) is 8.57. The fourth-order valence-corrected chi connectivity index (χ4v) is 5.86. The molecule has 0 radical (unpaired) electrons. The molecule has 2 aliphatic rings. The van der Waals surface area contributed by atoms with Crippen LogP contribution in [-0.4, -0.2) is 81.8 Å². The van der Waals surface area contributed by atoms with Crippen molar-refractivity contribution in [3.63, 3.8) is 0 Å². The third kappa shape index (κ3) is 4.79. The van der Waals surface area contributed by atoms with E-state index in [0.717, 1.165) is 39.1 Å². The summed E-state index contributed by atoms with van der Waals surface area (Å²) in [5.74, 6) is -1.76. The van der Waals surface area contributed by atoms with Crippen LogP contribution in [0, 0.1) is 5.82 Å². The summed E-state index contributed by atoms with van der Waals surface area (Å²) in [4.78, 5) is 24.7. The third-order valence-corrected chi connectivity index (χ3v) is 8.28. The van der Waals surface area contributed by atoms with E-state index in [1.807, 2.05) is 0 Å². The Bertz CT molecular complexity index is 1030. The zero-order chi connectivity index (χ0) is 22.1. The van der Waals surface area contributed by atoms with Gasteiger partial charge in [0.05, 0.1) is 11.2 Å². The maximum atomic E-state index is 13.2. The van der Waals surface area contributed by atoms with Crippen LogP contribution in [0.1, 0.15) is 12.8 Å². The number of piperidine rings is 1. The molecule has 166 valence electrons. The van der Waals surface area contributed by atoms with Gasteiger partial charge in [-0.2, -0.15) is 8.61 Å². The number of rotatable bonds is 5. The predicted molar refractivity (Wildman–Crippen MR) is 105 cm³/mol. The largest absolute Gasteiger partial charge is 0.354 e. The maximum absolute atomic E-state index is 13.2. The predicted octanol–water partition coefficient (Wildman–Crippen LogP) is -1.14. The Kier molecular flexibility index (Phi) is 6.45. The molecular formula is C17H23FN4O6S2. The highest BCUT2D eigenvalue weighted by Crippen LogP contribution is 2.23. The van der Waals surface area contributed by atoms with Gasteiger partial charge >= 0.3 is 0 Å². The van der Waals surface area contributed by atoms with Crippen LogP contribution in [0.2, 0.25) is 0 Å². The van der Waals surface area contributed by atoms with E-state index in [4.69, 9.17) is 0 Å². The Labute approximate surface area is 174 Å². The zero-order valence-corrected chi connectivity index (χ0v) is 17.9. The van der Waals surface area contributed by atoms with Gasteiger partial charge in [0.15, 0.2) is 0 Å². The number of hydrogen-bond donors (Lipinski definition) is 2. The number of amides is 2. The molecule has 0 aliphatic carbocycles. The summed E-state index contributed by atoms with van der Waals surface area (Å²) in [6.07, 6.45) is 2.01. The first-order valence-electron chi connectivity index (χ1n) is 9.31. The van der Waals surface area contributed by atoms with Crippen LogP contribution in [0.5, 0.6) is 0 Å². The summed E-state index contributed by atoms with van der Waals surface area (Å²) >= 11 is 0. The summed E-state index contributed by atoms with van der Waals surface area (Å²) in [5.41, 5.74) is 0. The lowest BCUT2D eigenvalue weighted by Gasteiger charge is -2.39. The van der Waals surface area contributed by atoms with E-state index in [1.165, 1.54) is 0 Å². The molecule has 2 unspecified atom stereocenters. The van der Waals surface area contributed by atoms with Crippen LogP contribution in [0.4, 0.5) is 4.39 Å². The monoisotopic (exact) mass is 462 g/mol. The van der Waals surface area contributed by atoms with E-state index < -0.39 is 43.9 Å².